The standard InChI is InChI=1S/C17H22N2O3S/c1-17-9-7-15(20)19(17)13(11-23-17)16(21)18-10-8-12-5-3-4-6-14(12)22-2/h3-6,13H,7-11H2,1-2H3,(H,18,21)/t13-,17+/m1/s1. The number of methoxy groups -OCH3 is 1. The smallest absolute Gasteiger partial charge is 0.243 e. The van der Waals surface area contributed by atoms with Crippen LogP contribution in [0.4, 0.5) is 0 Å². The Morgan fingerprint density at radius 3 is 3.04 bits per heavy atom. The highest BCUT2D eigenvalue weighted by Crippen LogP contribution is 2.47. The molecule has 0 spiro atoms. The maximum atomic E-state index is 12.5. The number of hydrogen-bond acceptors (Lipinski definition) is 4. The van der Waals surface area contributed by atoms with Gasteiger partial charge in [0.1, 0.15) is 11.8 Å². The second-order valence-electron chi connectivity index (χ2n) is 6.12. The van der Waals surface area contributed by atoms with Gasteiger partial charge in [-0.15, -0.1) is 11.8 Å². The van der Waals surface area contributed by atoms with Crippen LogP contribution in [0.3, 0.4) is 0 Å². The van der Waals surface area contributed by atoms with Gasteiger partial charge in [0.25, 0.3) is 0 Å². The molecule has 1 aromatic rings. The monoisotopic (exact) mass is 334 g/mol. The van der Waals surface area contributed by atoms with Crippen molar-refractivity contribution in [1.82, 2.24) is 10.2 Å². The normalized spacial score (nSPS) is 26.3. The van der Waals surface area contributed by atoms with Crippen molar-refractivity contribution in [3.05, 3.63) is 29.8 Å². The zero-order chi connectivity index (χ0) is 16.4. The SMILES string of the molecule is COc1ccccc1CCNC(=O)[C@H]1CS[C@@]2(C)CCC(=O)N12. The van der Waals surface area contributed by atoms with E-state index in [4.69, 9.17) is 4.74 Å². The number of thioether (sulfide) groups is 1. The average Bonchev–Trinajstić information content (AvgIpc) is 3.04. The lowest BCUT2D eigenvalue weighted by molar-refractivity contribution is -0.137. The average molecular weight is 334 g/mol. The van der Waals surface area contributed by atoms with Gasteiger partial charge >= 0.3 is 0 Å². The van der Waals surface area contributed by atoms with Gasteiger partial charge in [-0.25, -0.2) is 0 Å². The quantitative estimate of drug-likeness (QED) is 0.892. The van der Waals surface area contributed by atoms with E-state index in [2.05, 4.69) is 12.2 Å². The Bertz CT molecular complexity index is 622. The molecule has 2 fully saturated rings. The van der Waals surface area contributed by atoms with E-state index in [1.165, 1.54) is 0 Å². The zero-order valence-corrected chi connectivity index (χ0v) is 14.3. The maximum Gasteiger partial charge on any atom is 0.243 e. The molecule has 23 heavy (non-hydrogen) atoms. The minimum atomic E-state index is -0.335. The molecule has 2 saturated heterocycles. The number of carbonyl (C=O) groups excluding carboxylic acids is 2. The molecule has 1 N–H and O–H groups in total. The fraction of sp³-hybridized carbons (Fsp3) is 0.529. The molecule has 5 nitrogen and oxygen atoms in total. The molecular formula is C17H22N2O3S. The molecule has 2 atom stereocenters. The van der Waals surface area contributed by atoms with Gasteiger partial charge in [-0.2, -0.15) is 0 Å². The fourth-order valence-corrected chi connectivity index (χ4v) is 4.79. The summed E-state index contributed by atoms with van der Waals surface area (Å²) in [6, 6.07) is 7.46. The van der Waals surface area contributed by atoms with E-state index in [1.807, 2.05) is 24.3 Å². The first-order valence-corrected chi connectivity index (χ1v) is 8.89. The number of benzene rings is 1. The molecule has 6 heteroatoms. The van der Waals surface area contributed by atoms with Crippen LogP contribution in [0.15, 0.2) is 24.3 Å². The Labute approximate surface area is 140 Å². The van der Waals surface area contributed by atoms with Gasteiger partial charge in [0.05, 0.1) is 12.0 Å². The first-order chi connectivity index (χ1) is 11.0. The maximum absolute atomic E-state index is 12.5. The number of para-hydroxylation sites is 1. The predicted molar refractivity (Wildman–Crippen MR) is 90.4 cm³/mol. The lowest BCUT2D eigenvalue weighted by Crippen LogP contribution is -2.50. The van der Waals surface area contributed by atoms with Gasteiger partial charge in [0, 0.05) is 18.7 Å². The number of carbonyl (C=O) groups is 2. The number of rotatable bonds is 5. The van der Waals surface area contributed by atoms with Crippen LogP contribution in [0, 0.1) is 0 Å². The summed E-state index contributed by atoms with van der Waals surface area (Å²) in [5.74, 6) is 1.57. The molecule has 0 radical (unpaired) electrons. The molecule has 2 aliphatic rings. The van der Waals surface area contributed by atoms with Crippen molar-refractivity contribution < 1.29 is 14.3 Å². The van der Waals surface area contributed by atoms with Gasteiger partial charge in [-0.05, 0) is 31.4 Å². The first-order valence-electron chi connectivity index (χ1n) is 7.91. The molecular weight excluding hydrogens is 312 g/mol. The van der Waals surface area contributed by atoms with Crippen LogP contribution in [0.1, 0.15) is 25.3 Å². The minimum Gasteiger partial charge on any atom is -0.496 e. The highest BCUT2D eigenvalue weighted by molar-refractivity contribution is 8.01. The number of hydrogen-bond donors (Lipinski definition) is 1. The van der Waals surface area contributed by atoms with Crippen LogP contribution < -0.4 is 10.1 Å². The summed E-state index contributed by atoms with van der Waals surface area (Å²) >= 11 is 1.72. The molecule has 124 valence electrons. The highest BCUT2D eigenvalue weighted by atomic mass is 32.2. The van der Waals surface area contributed by atoms with Crippen molar-refractivity contribution in [1.29, 1.82) is 0 Å². The number of nitrogens with one attached hydrogen (secondary N) is 1. The van der Waals surface area contributed by atoms with Crippen molar-refractivity contribution in [2.24, 2.45) is 0 Å². The van der Waals surface area contributed by atoms with E-state index in [-0.39, 0.29) is 22.7 Å². The molecule has 1 aromatic carbocycles. The summed E-state index contributed by atoms with van der Waals surface area (Å²) in [6.07, 6.45) is 2.09. The summed E-state index contributed by atoms with van der Waals surface area (Å²) in [4.78, 5) is 26.1. The van der Waals surface area contributed by atoms with Crippen molar-refractivity contribution in [3.63, 3.8) is 0 Å². The van der Waals surface area contributed by atoms with Crippen LogP contribution in [0.5, 0.6) is 5.75 Å². The van der Waals surface area contributed by atoms with E-state index in [0.29, 0.717) is 25.1 Å². The summed E-state index contributed by atoms with van der Waals surface area (Å²) in [5.41, 5.74) is 1.07. The van der Waals surface area contributed by atoms with E-state index < -0.39 is 0 Å². The first kappa shape index (κ1) is 16.2. The molecule has 0 aliphatic carbocycles. The Balaban J connectivity index is 1.57. The molecule has 0 aromatic heterocycles. The van der Waals surface area contributed by atoms with Crippen LogP contribution in [0.2, 0.25) is 0 Å². The van der Waals surface area contributed by atoms with E-state index in [1.54, 1.807) is 23.8 Å². The second kappa shape index (κ2) is 6.43. The summed E-state index contributed by atoms with van der Waals surface area (Å²) < 4.78 is 5.32. The molecule has 2 heterocycles. The molecule has 2 amide bonds. The van der Waals surface area contributed by atoms with Crippen LogP contribution in [-0.4, -0.2) is 47.0 Å². The van der Waals surface area contributed by atoms with Gasteiger partial charge < -0.3 is 15.0 Å². The van der Waals surface area contributed by atoms with Crippen molar-refractivity contribution in [2.75, 3.05) is 19.4 Å². The van der Waals surface area contributed by atoms with Crippen molar-refractivity contribution in [2.45, 2.75) is 37.1 Å². The number of amides is 2. The third kappa shape index (κ3) is 3.04. The van der Waals surface area contributed by atoms with E-state index >= 15 is 0 Å². The van der Waals surface area contributed by atoms with Crippen LogP contribution in [0.25, 0.3) is 0 Å². The Morgan fingerprint density at radius 2 is 2.26 bits per heavy atom. The van der Waals surface area contributed by atoms with Gasteiger partial charge in [-0.3, -0.25) is 9.59 Å². The lowest BCUT2D eigenvalue weighted by Gasteiger charge is -2.29. The number of ether oxygens (including phenoxy) is 1. The summed E-state index contributed by atoms with van der Waals surface area (Å²) in [5, 5.41) is 2.97. The predicted octanol–water partition coefficient (Wildman–Crippen LogP) is 1.81. The molecule has 0 bridgehead atoms. The van der Waals surface area contributed by atoms with Gasteiger partial charge in [0.2, 0.25) is 11.8 Å². The Morgan fingerprint density at radius 1 is 1.48 bits per heavy atom. The fourth-order valence-electron chi connectivity index (χ4n) is 3.36. The molecule has 0 unspecified atom stereocenters. The Kier molecular flexibility index (Phi) is 4.53. The summed E-state index contributed by atoms with van der Waals surface area (Å²) in [6.45, 7) is 2.60. The zero-order valence-electron chi connectivity index (χ0n) is 13.5. The topological polar surface area (TPSA) is 58.6 Å². The minimum absolute atomic E-state index is 0.0497. The Hall–Kier alpha value is -1.69. The summed E-state index contributed by atoms with van der Waals surface area (Å²) in [7, 11) is 1.65. The van der Waals surface area contributed by atoms with E-state index in [0.717, 1.165) is 17.7 Å². The third-order valence-electron chi connectivity index (χ3n) is 4.63. The largest absolute Gasteiger partial charge is 0.496 e. The van der Waals surface area contributed by atoms with Crippen molar-refractivity contribution >= 4 is 23.6 Å². The third-order valence-corrected chi connectivity index (χ3v) is 6.14. The number of nitrogens with zero attached hydrogens (tertiary/aromatic N) is 1. The lowest BCUT2D eigenvalue weighted by atomic mass is 10.1. The second-order valence-corrected chi connectivity index (χ2v) is 7.62. The van der Waals surface area contributed by atoms with Gasteiger partial charge in [0.15, 0.2) is 0 Å². The highest BCUT2D eigenvalue weighted by Gasteiger charge is 2.52. The molecule has 3 rings (SSSR count). The van der Waals surface area contributed by atoms with Crippen LogP contribution in [-0.2, 0) is 16.0 Å². The molecule has 0 saturated carbocycles. The van der Waals surface area contributed by atoms with E-state index in [9.17, 15) is 9.59 Å². The van der Waals surface area contributed by atoms with Crippen LogP contribution >= 0.6 is 11.8 Å². The van der Waals surface area contributed by atoms with Gasteiger partial charge in [-0.1, -0.05) is 18.2 Å². The molecule has 2 aliphatic heterocycles. The van der Waals surface area contributed by atoms with Crippen molar-refractivity contribution in [3.8, 4) is 5.75 Å². The number of fused-ring (bicyclic) bond motifs is 1.